The molecule has 0 aliphatic heterocycles. The molecule has 106 valence electrons. The number of ketones is 1. The van der Waals surface area contributed by atoms with Crippen LogP contribution in [0.2, 0.25) is 0 Å². The Bertz CT molecular complexity index is 577. The van der Waals surface area contributed by atoms with Gasteiger partial charge < -0.3 is 15.5 Å². The minimum atomic E-state index is -1.18. The number of carbonyl (C=O) groups excluding carboxylic acids is 1. The molecule has 1 aliphatic carbocycles. The lowest BCUT2D eigenvalue weighted by Gasteiger charge is -2.19. The van der Waals surface area contributed by atoms with Crippen LogP contribution in [0.15, 0.2) is 30.0 Å². The van der Waals surface area contributed by atoms with Crippen molar-refractivity contribution in [2.24, 2.45) is 5.92 Å². The average Bonchev–Trinajstić information content (AvgIpc) is 2.40. The number of benzene rings is 1. The van der Waals surface area contributed by atoms with Gasteiger partial charge in [0.1, 0.15) is 11.3 Å². The maximum absolute atomic E-state index is 11.9. The molecular weight excluding hydrogens is 258 g/mol. The molecule has 0 radical (unpaired) electrons. The van der Waals surface area contributed by atoms with Crippen LogP contribution in [0.1, 0.15) is 36.5 Å². The molecule has 20 heavy (non-hydrogen) atoms. The first-order valence-electron chi connectivity index (χ1n) is 6.55. The van der Waals surface area contributed by atoms with E-state index in [1.54, 1.807) is 12.3 Å². The molecule has 1 atom stereocenters. The van der Waals surface area contributed by atoms with Crippen LogP contribution < -0.4 is 5.32 Å². The molecule has 1 fully saturated rings. The zero-order valence-corrected chi connectivity index (χ0v) is 11.2. The first kappa shape index (κ1) is 14.1. The molecule has 0 spiro atoms. The maximum atomic E-state index is 11.9. The number of Topliss-reactive ketones (excluding diaryl/α,β-unsaturated/α-hetero) is 1. The van der Waals surface area contributed by atoms with Crippen molar-refractivity contribution >= 4 is 17.4 Å². The molecule has 3 N–H and O–H groups in total. The van der Waals surface area contributed by atoms with Crippen LogP contribution in [0, 0.1) is 5.92 Å². The number of carboxylic acids is 1. The summed E-state index contributed by atoms with van der Waals surface area (Å²) in [5.41, 5.74) is 1.14. The highest BCUT2D eigenvalue weighted by Crippen LogP contribution is 2.26. The summed E-state index contributed by atoms with van der Waals surface area (Å²) in [6.07, 6.45) is 4.30. The number of phenols is 1. The number of carbonyl (C=O) groups is 2. The van der Waals surface area contributed by atoms with Gasteiger partial charge in [0.15, 0.2) is 5.78 Å². The van der Waals surface area contributed by atoms with Crippen LogP contribution >= 0.6 is 0 Å². The molecule has 1 aromatic carbocycles. The summed E-state index contributed by atoms with van der Waals surface area (Å²) < 4.78 is 0. The zero-order valence-electron chi connectivity index (χ0n) is 11.2. The number of aromatic carboxylic acids is 1. The van der Waals surface area contributed by atoms with Gasteiger partial charge in [-0.25, -0.2) is 4.79 Å². The fraction of sp³-hybridized carbons (Fsp3) is 0.333. The molecule has 0 bridgehead atoms. The lowest BCUT2D eigenvalue weighted by atomic mass is 9.86. The normalized spacial score (nSPS) is 20.9. The van der Waals surface area contributed by atoms with Crippen LogP contribution in [0.25, 0.3) is 0 Å². The van der Waals surface area contributed by atoms with Crippen molar-refractivity contribution in [1.82, 2.24) is 0 Å². The molecule has 0 heterocycles. The monoisotopic (exact) mass is 275 g/mol. The lowest BCUT2D eigenvalue weighted by Crippen LogP contribution is -2.19. The van der Waals surface area contributed by atoms with E-state index in [9.17, 15) is 14.7 Å². The number of allylic oxidation sites excluding steroid dienone is 1. The van der Waals surface area contributed by atoms with Crippen molar-refractivity contribution in [3.63, 3.8) is 0 Å². The van der Waals surface area contributed by atoms with Crippen LogP contribution in [0.3, 0.4) is 0 Å². The van der Waals surface area contributed by atoms with Crippen molar-refractivity contribution < 1.29 is 19.8 Å². The number of aromatic hydroxyl groups is 1. The molecular formula is C15H17NO4. The molecule has 5 nitrogen and oxygen atoms in total. The van der Waals surface area contributed by atoms with Gasteiger partial charge in [-0.3, -0.25) is 4.79 Å². The Labute approximate surface area is 116 Å². The third kappa shape index (κ3) is 2.99. The molecule has 2 rings (SSSR count). The summed E-state index contributed by atoms with van der Waals surface area (Å²) in [4.78, 5) is 22.7. The number of carboxylic acid groups (broad SMARTS) is 1. The van der Waals surface area contributed by atoms with Crippen molar-refractivity contribution in [1.29, 1.82) is 0 Å². The van der Waals surface area contributed by atoms with E-state index in [0.717, 1.165) is 24.8 Å². The van der Waals surface area contributed by atoms with Crippen molar-refractivity contribution in [3.8, 4) is 5.75 Å². The number of hydrogen-bond acceptors (Lipinski definition) is 4. The molecule has 0 saturated heterocycles. The van der Waals surface area contributed by atoms with E-state index >= 15 is 0 Å². The second-order valence-electron chi connectivity index (χ2n) is 5.01. The quantitative estimate of drug-likeness (QED) is 0.738. The van der Waals surface area contributed by atoms with Gasteiger partial charge in [0.25, 0.3) is 0 Å². The average molecular weight is 275 g/mol. The largest absolute Gasteiger partial charge is 0.507 e. The third-order valence-electron chi connectivity index (χ3n) is 3.49. The van der Waals surface area contributed by atoms with Crippen molar-refractivity contribution in [2.45, 2.75) is 26.2 Å². The molecule has 1 aromatic rings. The highest BCUT2D eigenvalue weighted by molar-refractivity contribution is 5.98. The Morgan fingerprint density at radius 3 is 2.85 bits per heavy atom. The lowest BCUT2D eigenvalue weighted by molar-refractivity contribution is -0.119. The first-order valence-corrected chi connectivity index (χ1v) is 6.55. The van der Waals surface area contributed by atoms with Gasteiger partial charge in [0, 0.05) is 29.4 Å². The van der Waals surface area contributed by atoms with E-state index < -0.39 is 5.97 Å². The van der Waals surface area contributed by atoms with Gasteiger partial charge >= 0.3 is 5.97 Å². The summed E-state index contributed by atoms with van der Waals surface area (Å²) in [6, 6.07) is 4.21. The number of hydrogen-bond donors (Lipinski definition) is 3. The summed E-state index contributed by atoms with van der Waals surface area (Å²) >= 11 is 0. The van der Waals surface area contributed by atoms with Crippen molar-refractivity contribution in [3.05, 3.63) is 35.5 Å². The number of anilines is 1. The third-order valence-corrected chi connectivity index (χ3v) is 3.49. The van der Waals surface area contributed by atoms with Crippen molar-refractivity contribution in [2.75, 3.05) is 5.32 Å². The minimum absolute atomic E-state index is 0.0552. The summed E-state index contributed by atoms with van der Waals surface area (Å²) in [7, 11) is 0. The highest BCUT2D eigenvalue weighted by atomic mass is 16.4. The van der Waals surface area contributed by atoms with E-state index in [-0.39, 0.29) is 23.0 Å². The predicted octanol–water partition coefficient (Wildman–Crippen LogP) is 2.78. The topological polar surface area (TPSA) is 86.6 Å². The predicted molar refractivity (Wildman–Crippen MR) is 74.8 cm³/mol. The van der Waals surface area contributed by atoms with Crippen LogP contribution in [-0.4, -0.2) is 22.0 Å². The standard InChI is InChI=1S/C15H17NO4/c1-9-3-2-4-10(14(9)18)8-16-11-5-6-12(15(19)20)13(17)7-11/h5-9,16-17H,2-4H2,1H3,(H,19,20)/b10-8+/t9-/m0/s1. The highest BCUT2D eigenvalue weighted by Gasteiger charge is 2.22. The molecule has 5 heteroatoms. The smallest absolute Gasteiger partial charge is 0.339 e. The second kappa shape index (κ2) is 5.77. The minimum Gasteiger partial charge on any atom is -0.507 e. The molecule has 0 aromatic heterocycles. The fourth-order valence-corrected chi connectivity index (χ4v) is 2.29. The van der Waals surface area contributed by atoms with Gasteiger partial charge in [-0.1, -0.05) is 6.92 Å². The number of nitrogens with one attached hydrogen (secondary N) is 1. The Morgan fingerprint density at radius 1 is 1.45 bits per heavy atom. The SMILES string of the molecule is C[C@H]1CCC/C(=C\Nc2ccc(C(=O)O)c(O)c2)C1=O. The van der Waals surface area contributed by atoms with Crippen LogP contribution in [-0.2, 0) is 4.79 Å². The van der Waals surface area contributed by atoms with E-state index in [4.69, 9.17) is 5.11 Å². The summed E-state index contributed by atoms with van der Waals surface area (Å²) in [6.45, 7) is 1.92. The van der Waals surface area contributed by atoms with Gasteiger partial charge in [0.05, 0.1) is 0 Å². The molecule has 1 aliphatic rings. The zero-order chi connectivity index (χ0) is 14.7. The molecule has 1 saturated carbocycles. The van der Waals surface area contributed by atoms with Gasteiger partial charge in [-0.15, -0.1) is 0 Å². The van der Waals surface area contributed by atoms with E-state index in [1.165, 1.54) is 12.1 Å². The van der Waals surface area contributed by atoms with E-state index in [2.05, 4.69) is 5.32 Å². The molecule has 0 amide bonds. The van der Waals surface area contributed by atoms with Gasteiger partial charge in [-0.2, -0.15) is 0 Å². The van der Waals surface area contributed by atoms with Gasteiger partial charge in [0.2, 0.25) is 0 Å². The summed E-state index contributed by atoms with van der Waals surface area (Å²) in [5, 5.41) is 21.3. The summed E-state index contributed by atoms with van der Waals surface area (Å²) in [5.74, 6) is -1.28. The first-order chi connectivity index (χ1) is 9.49. The van der Waals surface area contributed by atoms with Gasteiger partial charge in [-0.05, 0) is 31.4 Å². The van der Waals surface area contributed by atoms with E-state index in [1.807, 2.05) is 6.92 Å². The molecule has 0 unspecified atom stereocenters. The second-order valence-corrected chi connectivity index (χ2v) is 5.01. The van der Waals surface area contributed by atoms with Crippen LogP contribution in [0.4, 0.5) is 5.69 Å². The Morgan fingerprint density at radius 2 is 2.20 bits per heavy atom. The maximum Gasteiger partial charge on any atom is 0.339 e. The Hall–Kier alpha value is -2.30. The number of rotatable bonds is 3. The fourth-order valence-electron chi connectivity index (χ4n) is 2.29. The van der Waals surface area contributed by atoms with E-state index in [0.29, 0.717) is 5.69 Å². The Balaban J connectivity index is 2.13. The van der Waals surface area contributed by atoms with Crippen LogP contribution in [0.5, 0.6) is 5.75 Å². The Kier molecular flexibility index (Phi) is 4.08.